The number of carbonyl (C=O) groups excluding carboxylic acids is 1. The van der Waals surface area contributed by atoms with Gasteiger partial charge in [-0.3, -0.25) is 9.78 Å². The maximum absolute atomic E-state index is 12.4. The number of aromatic nitrogens is 1. The molecule has 2 aromatic rings. The molecule has 1 aromatic carbocycles. The molecule has 0 aliphatic rings. The number of pyridine rings is 1. The highest BCUT2D eigenvalue weighted by Crippen LogP contribution is 2.28. The van der Waals surface area contributed by atoms with Crippen molar-refractivity contribution in [3.05, 3.63) is 58.9 Å². The fraction of sp³-hybridized carbons (Fsp3) is 0.200. The SMILES string of the molecule is Cc1cc(C(=O)c2ccccc2OC(F)(F)F)cc(C)n1. The van der Waals surface area contributed by atoms with Gasteiger partial charge in [-0.2, -0.15) is 0 Å². The van der Waals surface area contributed by atoms with Crippen LogP contribution in [0.4, 0.5) is 13.2 Å². The summed E-state index contributed by atoms with van der Waals surface area (Å²) in [5.74, 6) is -1.05. The van der Waals surface area contributed by atoms with Crippen molar-refractivity contribution < 1.29 is 22.7 Å². The Balaban J connectivity index is 2.44. The summed E-state index contributed by atoms with van der Waals surface area (Å²) in [4.78, 5) is 16.5. The summed E-state index contributed by atoms with van der Waals surface area (Å²) in [6, 6.07) is 8.33. The third-order valence-corrected chi connectivity index (χ3v) is 2.70. The zero-order valence-electron chi connectivity index (χ0n) is 11.4. The van der Waals surface area contributed by atoms with Crippen LogP contribution in [0.3, 0.4) is 0 Å². The van der Waals surface area contributed by atoms with Gasteiger partial charge < -0.3 is 4.74 Å². The Kier molecular flexibility index (Phi) is 3.97. The number of aryl methyl sites for hydroxylation is 2. The molecule has 0 saturated carbocycles. The van der Waals surface area contributed by atoms with E-state index in [0.717, 1.165) is 6.07 Å². The van der Waals surface area contributed by atoms with Crippen molar-refractivity contribution in [1.82, 2.24) is 4.98 Å². The summed E-state index contributed by atoms with van der Waals surface area (Å²) >= 11 is 0. The third-order valence-electron chi connectivity index (χ3n) is 2.70. The maximum atomic E-state index is 12.4. The van der Waals surface area contributed by atoms with Crippen molar-refractivity contribution >= 4 is 5.78 Å². The van der Waals surface area contributed by atoms with Gasteiger partial charge in [-0.05, 0) is 38.1 Å². The largest absolute Gasteiger partial charge is 0.573 e. The summed E-state index contributed by atoms with van der Waals surface area (Å²) in [6.45, 7) is 3.42. The van der Waals surface area contributed by atoms with Gasteiger partial charge in [0.25, 0.3) is 0 Å². The molecule has 0 unspecified atom stereocenters. The van der Waals surface area contributed by atoms with E-state index in [0.29, 0.717) is 11.4 Å². The number of hydrogen-bond donors (Lipinski definition) is 0. The Morgan fingerprint density at radius 3 is 2.24 bits per heavy atom. The first-order valence-electron chi connectivity index (χ1n) is 6.11. The first-order chi connectivity index (χ1) is 9.76. The van der Waals surface area contributed by atoms with E-state index in [1.807, 2.05) is 0 Å². The molecule has 0 saturated heterocycles. The van der Waals surface area contributed by atoms with Crippen LogP contribution in [0.2, 0.25) is 0 Å². The number of halogens is 3. The van der Waals surface area contributed by atoms with Crippen molar-refractivity contribution in [2.24, 2.45) is 0 Å². The molecule has 21 heavy (non-hydrogen) atoms. The van der Waals surface area contributed by atoms with E-state index in [1.54, 1.807) is 13.8 Å². The van der Waals surface area contributed by atoms with Gasteiger partial charge in [0.15, 0.2) is 5.78 Å². The number of para-hydroxylation sites is 1. The normalized spacial score (nSPS) is 11.3. The van der Waals surface area contributed by atoms with Crippen molar-refractivity contribution in [2.75, 3.05) is 0 Å². The lowest BCUT2D eigenvalue weighted by Crippen LogP contribution is -2.19. The summed E-state index contributed by atoms with van der Waals surface area (Å²) in [5, 5.41) is 0. The fourth-order valence-corrected chi connectivity index (χ4v) is 1.99. The molecule has 110 valence electrons. The topological polar surface area (TPSA) is 39.2 Å². The average molecular weight is 295 g/mol. The van der Waals surface area contributed by atoms with Gasteiger partial charge in [0.05, 0.1) is 5.56 Å². The number of rotatable bonds is 3. The number of nitrogens with zero attached hydrogens (tertiary/aromatic N) is 1. The second-order valence-corrected chi connectivity index (χ2v) is 4.51. The molecule has 0 atom stereocenters. The molecule has 0 aliphatic carbocycles. The predicted octanol–water partition coefficient (Wildman–Crippen LogP) is 3.83. The average Bonchev–Trinajstić information content (AvgIpc) is 2.35. The Morgan fingerprint density at radius 2 is 1.67 bits per heavy atom. The molecule has 0 amide bonds. The minimum atomic E-state index is -4.85. The predicted molar refractivity (Wildman–Crippen MR) is 70.3 cm³/mol. The highest BCUT2D eigenvalue weighted by atomic mass is 19.4. The van der Waals surface area contributed by atoms with Crippen LogP contribution in [0.5, 0.6) is 5.75 Å². The van der Waals surface area contributed by atoms with Gasteiger partial charge in [-0.25, -0.2) is 0 Å². The Morgan fingerprint density at radius 1 is 1.10 bits per heavy atom. The van der Waals surface area contributed by atoms with Gasteiger partial charge in [-0.1, -0.05) is 12.1 Å². The summed E-state index contributed by atoms with van der Waals surface area (Å²) in [7, 11) is 0. The van der Waals surface area contributed by atoms with Gasteiger partial charge in [-0.15, -0.1) is 13.2 Å². The highest BCUT2D eigenvalue weighted by Gasteiger charge is 2.33. The summed E-state index contributed by atoms with van der Waals surface area (Å²) < 4.78 is 41.0. The molecule has 0 aliphatic heterocycles. The van der Waals surface area contributed by atoms with Gasteiger partial charge in [0.2, 0.25) is 0 Å². The molecule has 3 nitrogen and oxygen atoms in total. The van der Waals surface area contributed by atoms with Crippen LogP contribution in [-0.2, 0) is 0 Å². The van der Waals surface area contributed by atoms with Crippen molar-refractivity contribution in [2.45, 2.75) is 20.2 Å². The molecule has 0 fully saturated rings. The number of benzene rings is 1. The fourth-order valence-electron chi connectivity index (χ4n) is 1.99. The minimum absolute atomic E-state index is 0.139. The molecule has 1 aromatic heterocycles. The molecule has 6 heteroatoms. The standard InChI is InChI=1S/C15H12F3NO2/c1-9-7-11(8-10(2)19-9)14(20)12-5-3-4-6-13(12)21-15(16,17)18/h3-8H,1-2H3. The summed E-state index contributed by atoms with van der Waals surface area (Å²) in [6.07, 6.45) is -4.85. The van der Waals surface area contributed by atoms with Crippen LogP contribution in [0.1, 0.15) is 27.3 Å². The lowest BCUT2D eigenvalue weighted by atomic mass is 10.0. The van der Waals surface area contributed by atoms with E-state index in [-0.39, 0.29) is 11.1 Å². The van der Waals surface area contributed by atoms with Crippen molar-refractivity contribution in [1.29, 1.82) is 0 Å². The van der Waals surface area contributed by atoms with Gasteiger partial charge in [0.1, 0.15) is 5.75 Å². The van der Waals surface area contributed by atoms with Gasteiger partial charge in [0, 0.05) is 17.0 Å². The first-order valence-corrected chi connectivity index (χ1v) is 6.11. The van der Waals surface area contributed by atoms with Crippen LogP contribution in [0.25, 0.3) is 0 Å². The Labute approximate surface area is 119 Å². The second-order valence-electron chi connectivity index (χ2n) is 4.51. The molecular formula is C15H12F3NO2. The number of ether oxygens (including phenoxy) is 1. The smallest absolute Gasteiger partial charge is 0.405 e. The maximum Gasteiger partial charge on any atom is 0.573 e. The first kappa shape index (κ1) is 15.0. The number of ketones is 1. The zero-order chi connectivity index (χ0) is 15.6. The lowest BCUT2D eigenvalue weighted by molar-refractivity contribution is -0.274. The molecule has 0 spiro atoms. The number of hydrogen-bond acceptors (Lipinski definition) is 3. The Bertz CT molecular complexity index is 661. The Hall–Kier alpha value is -2.37. The van der Waals surface area contributed by atoms with E-state index in [2.05, 4.69) is 9.72 Å². The molecule has 0 radical (unpaired) electrons. The van der Waals surface area contributed by atoms with Crippen LogP contribution in [-0.4, -0.2) is 17.1 Å². The monoisotopic (exact) mass is 295 g/mol. The number of carbonyl (C=O) groups is 1. The third kappa shape index (κ3) is 3.81. The van der Waals surface area contributed by atoms with Crippen LogP contribution in [0, 0.1) is 13.8 Å². The molecule has 0 bridgehead atoms. The molecular weight excluding hydrogens is 283 g/mol. The van der Waals surface area contributed by atoms with E-state index < -0.39 is 17.9 Å². The van der Waals surface area contributed by atoms with Gasteiger partial charge >= 0.3 is 6.36 Å². The molecule has 0 N–H and O–H groups in total. The van der Waals surface area contributed by atoms with Crippen molar-refractivity contribution in [3.63, 3.8) is 0 Å². The second kappa shape index (κ2) is 5.55. The van der Waals surface area contributed by atoms with E-state index in [4.69, 9.17) is 0 Å². The quantitative estimate of drug-likeness (QED) is 0.808. The highest BCUT2D eigenvalue weighted by molar-refractivity contribution is 6.10. The molecule has 1 heterocycles. The minimum Gasteiger partial charge on any atom is -0.405 e. The van der Waals surface area contributed by atoms with Crippen LogP contribution in [0.15, 0.2) is 36.4 Å². The molecule has 2 rings (SSSR count). The van der Waals surface area contributed by atoms with Crippen LogP contribution < -0.4 is 4.74 Å². The van der Waals surface area contributed by atoms with E-state index in [9.17, 15) is 18.0 Å². The summed E-state index contributed by atoms with van der Waals surface area (Å²) in [5.41, 5.74) is 1.37. The van der Waals surface area contributed by atoms with Crippen molar-refractivity contribution in [3.8, 4) is 5.75 Å². The van der Waals surface area contributed by atoms with Crippen LogP contribution >= 0.6 is 0 Å². The lowest BCUT2D eigenvalue weighted by Gasteiger charge is -2.12. The zero-order valence-corrected chi connectivity index (χ0v) is 11.4. The van der Waals surface area contributed by atoms with E-state index >= 15 is 0 Å². The van der Waals surface area contributed by atoms with E-state index in [1.165, 1.54) is 30.3 Å². The number of alkyl halides is 3.